The predicted molar refractivity (Wildman–Crippen MR) is 134 cm³/mol. The Kier molecular flexibility index (Phi) is 6.60. The molecule has 1 aliphatic rings. The number of ketones is 1. The van der Waals surface area contributed by atoms with Gasteiger partial charge in [0.2, 0.25) is 5.91 Å². The molecule has 0 radical (unpaired) electrons. The third-order valence-corrected chi connectivity index (χ3v) is 6.62. The molecule has 8 heteroatoms. The van der Waals surface area contributed by atoms with Crippen LogP contribution in [0.4, 0.5) is 5.69 Å². The van der Waals surface area contributed by atoms with Gasteiger partial charge in [0.15, 0.2) is 0 Å². The molecule has 0 saturated carbocycles. The number of aromatic nitrogens is 1. The number of anilines is 1. The van der Waals surface area contributed by atoms with Crippen LogP contribution in [0.1, 0.15) is 35.7 Å². The van der Waals surface area contributed by atoms with Crippen LogP contribution in [0.15, 0.2) is 54.2 Å². The SMILES string of the molecule is CC(=O)Nc1ccc(I)c2c(C(=O)C(=O)N3CCC(=C(C#N)c4ccccc4)CC3)c[nH]c12. The van der Waals surface area contributed by atoms with E-state index >= 15 is 0 Å². The smallest absolute Gasteiger partial charge is 0.295 e. The van der Waals surface area contributed by atoms with Gasteiger partial charge in [-0.05, 0) is 58.7 Å². The standard InChI is InChI=1S/C25H21IN4O3/c1-15(31)29-21-8-7-20(26)22-19(14-28-23(21)22)24(32)25(33)30-11-9-17(10-12-30)18(13-27)16-5-3-2-4-6-16/h2-8,14,28H,9-12H2,1H3,(H,29,31). The minimum absolute atomic E-state index is 0.222. The lowest BCUT2D eigenvalue weighted by molar-refractivity contribution is -0.126. The zero-order valence-corrected chi connectivity index (χ0v) is 20.1. The third-order valence-electron chi connectivity index (χ3n) is 5.72. The maximum atomic E-state index is 13.1. The van der Waals surface area contributed by atoms with E-state index in [1.54, 1.807) is 17.0 Å². The Morgan fingerprint density at radius 2 is 1.79 bits per heavy atom. The highest BCUT2D eigenvalue weighted by atomic mass is 127. The summed E-state index contributed by atoms with van der Waals surface area (Å²) in [6.07, 6.45) is 2.63. The van der Waals surface area contributed by atoms with E-state index in [0.717, 1.165) is 14.7 Å². The lowest BCUT2D eigenvalue weighted by Gasteiger charge is -2.28. The Labute approximate surface area is 204 Å². The van der Waals surface area contributed by atoms with Crippen molar-refractivity contribution in [2.75, 3.05) is 18.4 Å². The molecule has 1 aromatic heterocycles. The van der Waals surface area contributed by atoms with Crippen molar-refractivity contribution in [3.63, 3.8) is 0 Å². The highest BCUT2D eigenvalue weighted by molar-refractivity contribution is 14.1. The number of nitriles is 1. The maximum Gasteiger partial charge on any atom is 0.295 e. The van der Waals surface area contributed by atoms with Crippen molar-refractivity contribution < 1.29 is 14.4 Å². The lowest BCUT2D eigenvalue weighted by Crippen LogP contribution is -2.40. The number of halogens is 1. The normalized spacial score (nSPS) is 13.5. The minimum atomic E-state index is -0.588. The Bertz CT molecular complexity index is 1320. The molecule has 1 aliphatic heterocycles. The van der Waals surface area contributed by atoms with Gasteiger partial charge in [0.25, 0.3) is 11.7 Å². The van der Waals surface area contributed by atoms with Crippen molar-refractivity contribution in [1.29, 1.82) is 5.26 Å². The first-order valence-electron chi connectivity index (χ1n) is 10.5. The fourth-order valence-electron chi connectivity index (χ4n) is 4.12. The average Bonchev–Trinajstić information content (AvgIpc) is 3.28. The van der Waals surface area contributed by atoms with E-state index < -0.39 is 11.7 Å². The Morgan fingerprint density at radius 1 is 1.09 bits per heavy atom. The number of H-pyrrole nitrogens is 1. The summed E-state index contributed by atoms with van der Waals surface area (Å²) in [5.74, 6) is -1.37. The third kappa shape index (κ3) is 4.54. The number of carbonyl (C=O) groups excluding carboxylic acids is 3. The second kappa shape index (κ2) is 9.58. The molecular weight excluding hydrogens is 531 g/mol. The van der Waals surface area contributed by atoms with Gasteiger partial charge in [-0.2, -0.15) is 5.26 Å². The second-order valence-corrected chi connectivity index (χ2v) is 8.97. The fourth-order valence-corrected chi connectivity index (χ4v) is 4.86. The van der Waals surface area contributed by atoms with Gasteiger partial charge in [-0.3, -0.25) is 14.4 Å². The number of hydrogen-bond acceptors (Lipinski definition) is 4. The van der Waals surface area contributed by atoms with Crippen LogP contribution in [-0.2, 0) is 9.59 Å². The van der Waals surface area contributed by atoms with E-state index in [1.807, 2.05) is 30.3 Å². The first-order valence-corrected chi connectivity index (χ1v) is 11.6. The molecule has 0 aliphatic carbocycles. The fraction of sp³-hybridized carbons (Fsp3) is 0.200. The number of amides is 2. The molecule has 166 valence electrons. The largest absolute Gasteiger partial charge is 0.359 e. The summed E-state index contributed by atoms with van der Waals surface area (Å²) in [4.78, 5) is 42.3. The molecule has 2 N–H and O–H groups in total. The zero-order chi connectivity index (χ0) is 23.5. The number of hydrogen-bond donors (Lipinski definition) is 2. The van der Waals surface area contributed by atoms with Gasteiger partial charge >= 0.3 is 0 Å². The number of carbonyl (C=O) groups is 3. The lowest BCUT2D eigenvalue weighted by atomic mass is 9.93. The van der Waals surface area contributed by atoms with Crippen molar-refractivity contribution >= 4 is 62.4 Å². The van der Waals surface area contributed by atoms with E-state index in [4.69, 9.17) is 0 Å². The zero-order valence-electron chi connectivity index (χ0n) is 17.9. The number of fused-ring (bicyclic) bond motifs is 1. The van der Waals surface area contributed by atoms with Gasteiger partial charge < -0.3 is 15.2 Å². The van der Waals surface area contributed by atoms with Crippen molar-refractivity contribution in [1.82, 2.24) is 9.88 Å². The number of rotatable bonds is 4. The summed E-state index contributed by atoms with van der Waals surface area (Å²) in [6.45, 7) is 2.18. The van der Waals surface area contributed by atoms with Crippen molar-refractivity contribution in [2.45, 2.75) is 19.8 Å². The molecule has 33 heavy (non-hydrogen) atoms. The van der Waals surface area contributed by atoms with Crippen LogP contribution in [-0.4, -0.2) is 40.6 Å². The summed E-state index contributed by atoms with van der Waals surface area (Å²) in [6, 6.07) is 15.4. The Morgan fingerprint density at radius 3 is 2.42 bits per heavy atom. The quantitative estimate of drug-likeness (QED) is 0.215. The van der Waals surface area contributed by atoms with Gasteiger partial charge in [-0.1, -0.05) is 30.3 Å². The van der Waals surface area contributed by atoms with Crippen molar-refractivity contribution in [2.24, 2.45) is 0 Å². The van der Waals surface area contributed by atoms with Crippen LogP contribution in [0.5, 0.6) is 0 Å². The monoisotopic (exact) mass is 552 g/mol. The summed E-state index contributed by atoms with van der Waals surface area (Å²) in [5, 5.41) is 13.0. The topological polar surface area (TPSA) is 106 Å². The first-order chi connectivity index (χ1) is 15.9. The molecule has 4 rings (SSSR count). The van der Waals surface area contributed by atoms with Crippen LogP contribution in [0, 0.1) is 14.9 Å². The van der Waals surface area contributed by atoms with Gasteiger partial charge in [0.05, 0.1) is 28.4 Å². The summed E-state index contributed by atoms with van der Waals surface area (Å²) in [5.41, 5.74) is 3.97. The molecule has 0 spiro atoms. The predicted octanol–water partition coefficient (Wildman–Crippen LogP) is 4.51. The summed E-state index contributed by atoms with van der Waals surface area (Å²) >= 11 is 2.11. The first kappa shape index (κ1) is 22.7. The number of benzene rings is 2. The molecule has 1 fully saturated rings. The van der Waals surface area contributed by atoms with E-state index in [2.05, 4.69) is 39.0 Å². The number of piperidine rings is 1. The summed E-state index contributed by atoms with van der Waals surface area (Å²) in [7, 11) is 0. The van der Waals surface area contributed by atoms with Gasteiger partial charge in [-0.25, -0.2) is 0 Å². The number of aromatic amines is 1. The van der Waals surface area contributed by atoms with Crippen LogP contribution < -0.4 is 5.32 Å². The van der Waals surface area contributed by atoms with Crippen LogP contribution in [0.3, 0.4) is 0 Å². The second-order valence-electron chi connectivity index (χ2n) is 7.81. The van der Waals surface area contributed by atoms with Crippen molar-refractivity contribution in [3.05, 3.63) is 68.9 Å². The van der Waals surface area contributed by atoms with Crippen molar-refractivity contribution in [3.8, 4) is 6.07 Å². The number of allylic oxidation sites excluding steroid dienone is 1. The average molecular weight is 552 g/mol. The highest BCUT2D eigenvalue weighted by Gasteiger charge is 2.29. The molecule has 7 nitrogen and oxygen atoms in total. The summed E-state index contributed by atoms with van der Waals surface area (Å²) < 4.78 is 0.805. The van der Waals surface area contributed by atoms with E-state index in [9.17, 15) is 19.6 Å². The van der Waals surface area contributed by atoms with Gasteiger partial charge in [0, 0.05) is 35.2 Å². The molecule has 3 aromatic rings. The Hall–Kier alpha value is -3.45. The number of nitrogens with one attached hydrogen (secondary N) is 2. The molecule has 1 saturated heterocycles. The number of nitrogens with zero attached hydrogens (tertiary/aromatic N) is 2. The number of Topliss-reactive ketones (excluding diaryl/α,β-unsaturated/α-hetero) is 1. The highest BCUT2D eigenvalue weighted by Crippen LogP contribution is 2.31. The molecular formula is C25H21IN4O3. The van der Waals surface area contributed by atoms with E-state index in [0.29, 0.717) is 48.1 Å². The molecule has 2 aromatic carbocycles. The van der Waals surface area contributed by atoms with E-state index in [-0.39, 0.29) is 11.5 Å². The number of likely N-dealkylation sites (tertiary alicyclic amines) is 1. The van der Waals surface area contributed by atoms with Crippen LogP contribution in [0.25, 0.3) is 16.5 Å². The van der Waals surface area contributed by atoms with Crippen LogP contribution >= 0.6 is 22.6 Å². The van der Waals surface area contributed by atoms with E-state index in [1.165, 1.54) is 13.1 Å². The van der Waals surface area contributed by atoms with Crippen LogP contribution in [0.2, 0.25) is 0 Å². The molecule has 0 bridgehead atoms. The van der Waals surface area contributed by atoms with Gasteiger partial charge in [-0.15, -0.1) is 0 Å². The molecule has 0 atom stereocenters. The maximum absolute atomic E-state index is 13.1. The Balaban J connectivity index is 1.55. The van der Waals surface area contributed by atoms with Gasteiger partial charge in [0.1, 0.15) is 0 Å². The minimum Gasteiger partial charge on any atom is -0.359 e. The molecule has 2 amide bonds. The molecule has 0 unspecified atom stereocenters. The molecule has 2 heterocycles.